The molecule has 0 bridgehead atoms. The summed E-state index contributed by atoms with van der Waals surface area (Å²) in [5.74, 6) is 0. The largest absolute Gasteiger partial charge is 0.433 e. The highest BCUT2D eigenvalue weighted by Gasteiger charge is 2.32. The van der Waals surface area contributed by atoms with E-state index in [1.54, 1.807) is 6.92 Å². The fraction of sp³-hybridized carbons (Fsp3) is 0.375. The summed E-state index contributed by atoms with van der Waals surface area (Å²) in [5, 5.41) is 0. The molecule has 1 rings (SSSR count). The van der Waals surface area contributed by atoms with Gasteiger partial charge in [0.15, 0.2) is 0 Å². The minimum Gasteiger partial charge on any atom is -0.324 e. The van der Waals surface area contributed by atoms with Gasteiger partial charge in [-0.2, -0.15) is 13.2 Å². The molecule has 0 amide bonds. The van der Waals surface area contributed by atoms with E-state index >= 15 is 0 Å². The molecule has 0 saturated carbocycles. The maximum Gasteiger partial charge on any atom is 0.433 e. The highest BCUT2D eigenvalue weighted by Crippen LogP contribution is 2.28. The van der Waals surface area contributed by atoms with Gasteiger partial charge in [-0.15, -0.1) is 0 Å². The molecule has 0 spiro atoms. The van der Waals surface area contributed by atoms with Gasteiger partial charge >= 0.3 is 6.18 Å². The van der Waals surface area contributed by atoms with Gasteiger partial charge in [0.05, 0.1) is 0 Å². The SMILES string of the molecule is CC(N)c1ccnc(C(F)(F)F)c1. The maximum atomic E-state index is 12.1. The molecule has 0 aliphatic carbocycles. The van der Waals surface area contributed by atoms with Gasteiger partial charge in [-0.05, 0) is 24.6 Å². The molecule has 1 unspecified atom stereocenters. The molecule has 2 nitrogen and oxygen atoms in total. The molecule has 2 N–H and O–H groups in total. The van der Waals surface area contributed by atoms with Gasteiger partial charge in [0, 0.05) is 12.2 Å². The first-order chi connectivity index (χ1) is 5.91. The Kier molecular flexibility index (Phi) is 2.56. The first-order valence-electron chi connectivity index (χ1n) is 3.70. The molecule has 0 aliphatic rings. The van der Waals surface area contributed by atoms with E-state index in [-0.39, 0.29) is 0 Å². The Morgan fingerprint density at radius 3 is 2.54 bits per heavy atom. The van der Waals surface area contributed by atoms with Crippen LogP contribution in [0.15, 0.2) is 18.3 Å². The Bertz CT molecular complexity index is 294. The number of hydrogen-bond donors (Lipinski definition) is 1. The second kappa shape index (κ2) is 3.33. The number of halogens is 3. The van der Waals surface area contributed by atoms with E-state index in [9.17, 15) is 13.2 Å². The lowest BCUT2D eigenvalue weighted by Crippen LogP contribution is -2.11. The zero-order valence-corrected chi connectivity index (χ0v) is 6.97. The van der Waals surface area contributed by atoms with Crippen LogP contribution in [0.4, 0.5) is 13.2 Å². The van der Waals surface area contributed by atoms with Gasteiger partial charge in [0.1, 0.15) is 5.69 Å². The molecule has 1 heterocycles. The Balaban J connectivity index is 3.06. The van der Waals surface area contributed by atoms with E-state index in [1.165, 1.54) is 6.07 Å². The topological polar surface area (TPSA) is 38.9 Å². The van der Waals surface area contributed by atoms with Crippen molar-refractivity contribution in [1.29, 1.82) is 0 Å². The van der Waals surface area contributed by atoms with Crippen molar-refractivity contribution in [3.05, 3.63) is 29.6 Å². The summed E-state index contributed by atoms with van der Waals surface area (Å²) in [7, 11) is 0. The van der Waals surface area contributed by atoms with Crippen molar-refractivity contribution in [1.82, 2.24) is 4.98 Å². The Morgan fingerprint density at radius 2 is 2.08 bits per heavy atom. The van der Waals surface area contributed by atoms with Gasteiger partial charge in [0.2, 0.25) is 0 Å². The van der Waals surface area contributed by atoms with Gasteiger partial charge in [-0.25, -0.2) is 0 Å². The molecule has 0 saturated heterocycles. The standard InChI is InChI=1S/C8H9F3N2/c1-5(12)6-2-3-13-7(4-6)8(9,10)11/h2-5H,12H2,1H3. The lowest BCUT2D eigenvalue weighted by atomic mass is 10.1. The predicted octanol–water partition coefficient (Wildman–Crippen LogP) is 2.12. The van der Waals surface area contributed by atoms with Crippen molar-refractivity contribution >= 4 is 0 Å². The average Bonchev–Trinajstić information content (AvgIpc) is 2.03. The first-order valence-corrected chi connectivity index (χ1v) is 3.70. The molecule has 1 aromatic rings. The van der Waals surface area contributed by atoms with Crippen LogP contribution in [0.1, 0.15) is 24.2 Å². The maximum absolute atomic E-state index is 12.1. The summed E-state index contributed by atoms with van der Waals surface area (Å²) in [6, 6.07) is 2.02. The fourth-order valence-electron chi connectivity index (χ4n) is 0.885. The lowest BCUT2D eigenvalue weighted by Gasteiger charge is -2.09. The predicted molar refractivity (Wildman–Crippen MR) is 41.8 cm³/mol. The van der Waals surface area contributed by atoms with Crippen LogP contribution in [0.5, 0.6) is 0 Å². The van der Waals surface area contributed by atoms with Crippen LogP contribution < -0.4 is 5.73 Å². The van der Waals surface area contributed by atoms with Gasteiger partial charge in [-0.3, -0.25) is 4.98 Å². The summed E-state index contributed by atoms with van der Waals surface area (Å²) in [5.41, 5.74) is 4.96. The van der Waals surface area contributed by atoms with E-state index in [2.05, 4.69) is 4.98 Å². The molecule has 0 aliphatic heterocycles. The number of nitrogens with two attached hydrogens (primary N) is 1. The van der Waals surface area contributed by atoms with E-state index in [0.717, 1.165) is 12.3 Å². The summed E-state index contributed by atoms with van der Waals surface area (Å²) in [6.07, 6.45) is -3.29. The van der Waals surface area contributed by atoms with Gasteiger partial charge in [-0.1, -0.05) is 0 Å². The van der Waals surface area contributed by atoms with E-state index < -0.39 is 17.9 Å². The highest BCUT2D eigenvalue weighted by atomic mass is 19.4. The summed E-state index contributed by atoms with van der Waals surface area (Å²) >= 11 is 0. The fourth-order valence-corrected chi connectivity index (χ4v) is 0.885. The third kappa shape index (κ3) is 2.42. The molecule has 1 atom stereocenters. The van der Waals surface area contributed by atoms with Crippen LogP contribution in [-0.4, -0.2) is 4.98 Å². The third-order valence-electron chi connectivity index (χ3n) is 1.60. The number of nitrogens with zero attached hydrogens (tertiary/aromatic N) is 1. The number of pyridine rings is 1. The van der Waals surface area contributed by atoms with E-state index in [4.69, 9.17) is 5.73 Å². The second-order valence-electron chi connectivity index (χ2n) is 2.76. The quantitative estimate of drug-likeness (QED) is 0.736. The van der Waals surface area contributed by atoms with Gasteiger partial charge in [0.25, 0.3) is 0 Å². The minimum atomic E-state index is -4.40. The van der Waals surface area contributed by atoms with Gasteiger partial charge < -0.3 is 5.73 Å². The van der Waals surface area contributed by atoms with Crippen LogP contribution in [0.3, 0.4) is 0 Å². The molecule has 72 valence electrons. The van der Waals surface area contributed by atoms with Crippen LogP contribution in [0.25, 0.3) is 0 Å². The smallest absolute Gasteiger partial charge is 0.324 e. The molecule has 13 heavy (non-hydrogen) atoms. The van der Waals surface area contributed by atoms with Crippen molar-refractivity contribution in [3.8, 4) is 0 Å². The van der Waals surface area contributed by atoms with Crippen LogP contribution in [-0.2, 0) is 6.18 Å². The Morgan fingerprint density at radius 1 is 1.46 bits per heavy atom. The average molecular weight is 190 g/mol. The molecule has 1 aromatic heterocycles. The third-order valence-corrected chi connectivity index (χ3v) is 1.60. The number of rotatable bonds is 1. The molecule has 0 fully saturated rings. The Labute approximate surface area is 73.6 Å². The number of hydrogen-bond acceptors (Lipinski definition) is 2. The van der Waals surface area contributed by atoms with Crippen LogP contribution in [0, 0.1) is 0 Å². The summed E-state index contributed by atoms with van der Waals surface area (Å²) < 4.78 is 36.4. The highest BCUT2D eigenvalue weighted by molar-refractivity contribution is 5.20. The molecule has 0 radical (unpaired) electrons. The normalized spacial score (nSPS) is 14.2. The van der Waals surface area contributed by atoms with E-state index in [0.29, 0.717) is 5.56 Å². The van der Waals surface area contributed by atoms with Crippen LogP contribution in [0.2, 0.25) is 0 Å². The minimum absolute atomic E-state index is 0.413. The van der Waals surface area contributed by atoms with Crippen molar-refractivity contribution in [2.24, 2.45) is 5.73 Å². The first kappa shape index (κ1) is 9.98. The molecular formula is C8H9F3N2. The van der Waals surface area contributed by atoms with Crippen molar-refractivity contribution in [2.75, 3.05) is 0 Å². The van der Waals surface area contributed by atoms with Crippen molar-refractivity contribution in [2.45, 2.75) is 19.1 Å². The molecular weight excluding hydrogens is 181 g/mol. The second-order valence-corrected chi connectivity index (χ2v) is 2.76. The monoisotopic (exact) mass is 190 g/mol. The summed E-state index contributed by atoms with van der Waals surface area (Å²) in [6.45, 7) is 1.62. The number of aromatic nitrogens is 1. The van der Waals surface area contributed by atoms with Crippen molar-refractivity contribution < 1.29 is 13.2 Å². The van der Waals surface area contributed by atoms with E-state index in [1.807, 2.05) is 0 Å². The van der Waals surface area contributed by atoms with Crippen molar-refractivity contribution in [3.63, 3.8) is 0 Å². The lowest BCUT2D eigenvalue weighted by molar-refractivity contribution is -0.141. The van der Waals surface area contributed by atoms with Crippen LogP contribution >= 0.6 is 0 Å². The molecule has 5 heteroatoms. The summed E-state index contributed by atoms with van der Waals surface area (Å²) in [4.78, 5) is 3.21. The zero-order chi connectivity index (χ0) is 10.1. The Hall–Kier alpha value is -1.10. The zero-order valence-electron chi connectivity index (χ0n) is 6.97. The molecule has 0 aromatic carbocycles. The number of alkyl halides is 3.